The third-order valence-electron chi connectivity index (χ3n) is 3.69. The lowest BCUT2D eigenvalue weighted by molar-refractivity contribution is -0.115. The fourth-order valence-corrected chi connectivity index (χ4v) is 2.46. The number of rotatable bonds is 9. The van der Waals surface area contributed by atoms with Crippen molar-refractivity contribution in [1.82, 2.24) is 4.90 Å². The van der Waals surface area contributed by atoms with Gasteiger partial charge in [0.05, 0.1) is 0 Å². The van der Waals surface area contributed by atoms with E-state index >= 15 is 0 Å². The Morgan fingerprint density at radius 1 is 1.06 bits per heavy atom. The van der Waals surface area contributed by atoms with Crippen LogP contribution >= 0.6 is 0 Å². The van der Waals surface area contributed by atoms with Gasteiger partial charge in [-0.25, -0.2) is 0 Å². The molecule has 0 atom stereocenters. The molecule has 0 bridgehead atoms. The Kier molecular flexibility index (Phi) is 7.99. The second-order valence-corrected chi connectivity index (χ2v) is 5.42. The topological polar surface area (TPSA) is 20.3 Å². The fourth-order valence-electron chi connectivity index (χ4n) is 2.46. The minimum Gasteiger partial charge on any atom is -0.303 e. The van der Waals surface area contributed by atoms with Gasteiger partial charge in [-0.15, -0.1) is 0 Å². The van der Waals surface area contributed by atoms with E-state index in [9.17, 15) is 4.79 Å². The molecule has 0 spiro atoms. The van der Waals surface area contributed by atoms with Gasteiger partial charge in [-0.1, -0.05) is 32.3 Å². The summed E-state index contributed by atoms with van der Waals surface area (Å²) in [5.41, 5.74) is 1.38. The highest BCUT2D eigenvalue weighted by molar-refractivity contribution is 5.91. The average molecular weight is 251 g/mol. The molecule has 0 radical (unpaired) electrons. The second kappa shape index (κ2) is 9.32. The Morgan fingerprint density at radius 3 is 2.28 bits per heavy atom. The standard InChI is InChI=1S/C16H29NO/c1-3-5-11-17(12-6-4-2)13-10-15-8-7-9-16(18)14-15/h14H,3-13H2,1-2H3. The molecule has 1 rings (SSSR count). The van der Waals surface area contributed by atoms with E-state index in [0.29, 0.717) is 5.78 Å². The molecule has 104 valence electrons. The van der Waals surface area contributed by atoms with Crippen molar-refractivity contribution in [1.29, 1.82) is 0 Å². The van der Waals surface area contributed by atoms with Crippen LogP contribution in [-0.4, -0.2) is 30.3 Å². The summed E-state index contributed by atoms with van der Waals surface area (Å²) >= 11 is 0. The normalized spacial score (nSPS) is 16.2. The highest BCUT2D eigenvalue weighted by atomic mass is 16.1. The Bertz CT molecular complexity index is 262. The van der Waals surface area contributed by atoms with Crippen LogP contribution in [0.1, 0.15) is 65.2 Å². The zero-order chi connectivity index (χ0) is 13.2. The maximum Gasteiger partial charge on any atom is 0.155 e. The van der Waals surface area contributed by atoms with E-state index in [1.54, 1.807) is 0 Å². The van der Waals surface area contributed by atoms with Crippen LogP contribution in [0.4, 0.5) is 0 Å². The molecule has 1 aliphatic rings. The maximum absolute atomic E-state index is 11.4. The Balaban J connectivity index is 2.32. The zero-order valence-corrected chi connectivity index (χ0v) is 12.2. The molecule has 0 aromatic heterocycles. The van der Waals surface area contributed by atoms with Crippen LogP contribution in [-0.2, 0) is 4.79 Å². The van der Waals surface area contributed by atoms with Crippen LogP contribution in [0.5, 0.6) is 0 Å². The molecule has 0 aromatic rings. The maximum atomic E-state index is 11.4. The first-order valence-electron chi connectivity index (χ1n) is 7.71. The van der Waals surface area contributed by atoms with Crippen LogP contribution in [0.3, 0.4) is 0 Å². The molecule has 2 heteroatoms. The lowest BCUT2D eigenvalue weighted by Gasteiger charge is -2.23. The van der Waals surface area contributed by atoms with E-state index in [1.165, 1.54) is 44.3 Å². The van der Waals surface area contributed by atoms with Gasteiger partial charge in [-0.2, -0.15) is 0 Å². The summed E-state index contributed by atoms with van der Waals surface area (Å²) in [5, 5.41) is 0. The van der Waals surface area contributed by atoms with Gasteiger partial charge in [-0.05, 0) is 51.3 Å². The molecule has 0 saturated heterocycles. The van der Waals surface area contributed by atoms with Gasteiger partial charge in [-0.3, -0.25) is 4.79 Å². The molecule has 0 aliphatic heterocycles. The molecule has 0 aromatic carbocycles. The SMILES string of the molecule is CCCCN(CCCC)CCC1=CC(=O)CCC1. The Morgan fingerprint density at radius 2 is 1.72 bits per heavy atom. The van der Waals surface area contributed by atoms with Gasteiger partial charge in [0, 0.05) is 13.0 Å². The quantitative estimate of drug-likeness (QED) is 0.618. The van der Waals surface area contributed by atoms with Gasteiger partial charge < -0.3 is 4.90 Å². The third kappa shape index (κ3) is 6.34. The van der Waals surface area contributed by atoms with Gasteiger partial charge in [0.15, 0.2) is 5.78 Å². The smallest absolute Gasteiger partial charge is 0.155 e. The molecule has 0 fully saturated rings. The van der Waals surface area contributed by atoms with Crippen molar-refractivity contribution in [2.75, 3.05) is 19.6 Å². The van der Waals surface area contributed by atoms with Crippen molar-refractivity contribution in [2.45, 2.75) is 65.2 Å². The highest BCUT2D eigenvalue weighted by Crippen LogP contribution is 2.18. The molecule has 0 N–H and O–H groups in total. The minimum atomic E-state index is 0.338. The number of nitrogens with zero attached hydrogens (tertiary/aromatic N) is 1. The summed E-state index contributed by atoms with van der Waals surface area (Å²) in [6.45, 7) is 8.08. The van der Waals surface area contributed by atoms with Crippen LogP contribution in [0, 0.1) is 0 Å². The summed E-state index contributed by atoms with van der Waals surface area (Å²) in [6, 6.07) is 0. The molecule has 1 aliphatic carbocycles. The molecular weight excluding hydrogens is 222 g/mol. The minimum absolute atomic E-state index is 0.338. The number of hydrogen-bond donors (Lipinski definition) is 0. The van der Waals surface area contributed by atoms with Crippen molar-refractivity contribution in [3.8, 4) is 0 Å². The second-order valence-electron chi connectivity index (χ2n) is 5.42. The van der Waals surface area contributed by atoms with Crippen molar-refractivity contribution in [2.24, 2.45) is 0 Å². The number of ketones is 1. The fraction of sp³-hybridized carbons (Fsp3) is 0.812. The van der Waals surface area contributed by atoms with Crippen molar-refractivity contribution in [3.63, 3.8) is 0 Å². The van der Waals surface area contributed by atoms with E-state index in [2.05, 4.69) is 18.7 Å². The van der Waals surface area contributed by atoms with Crippen molar-refractivity contribution >= 4 is 5.78 Å². The number of hydrogen-bond acceptors (Lipinski definition) is 2. The molecular formula is C16H29NO. The summed E-state index contributed by atoms with van der Waals surface area (Å²) in [6.07, 6.45) is 11.1. The van der Waals surface area contributed by atoms with Crippen LogP contribution in [0.2, 0.25) is 0 Å². The lowest BCUT2D eigenvalue weighted by Crippen LogP contribution is -2.27. The summed E-state index contributed by atoms with van der Waals surface area (Å²) in [5.74, 6) is 0.338. The van der Waals surface area contributed by atoms with E-state index < -0.39 is 0 Å². The van der Waals surface area contributed by atoms with E-state index in [-0.39, 0.29) is 0 Å². The van der Waals surface area contributed by atoms with Crippen LogP contribution in [0.15, 0.2) is 11.6 Å². The molecule has 0 unspecified atom stereocenters. The van der Waals surface area contributed by atoms with Crippen LogP contribution < -0.4 is 0 Å². The molecule has 0 heterocycles. The first-order valence-corrected chi connectivity index (χ1v) is 7.71. The van der Waals surface area contributed by atoms with Crippen LogP contribution in [0.25, 0.3) is 0 Å². The van der Waals surface area contributed by atoms with Crippen molar-refractivity contribution in [3.05, 3.63) is 11.6 Å². The predicted octanol–water partition coefficient (Wildman–Crippen LogP) is 3.96. The van der Waals surface area contributed by atoms with Gasteiger partial charge in [0.2, 0.25) is 0 Å². The number of unbranched alkanes of at least 4 members (excludes halogenated alkanes) is 2. The Hall–Kier alpha value is -0.630. The largest absolute Gasteiger partial charge is 0.303 e. The van der Waals surface area contributed by atoms with Gasteiger partial charge >= 0.3 is 0 Å². The van der Waals surface area contributed by atoms with Gasteiger partial charge in [0.1, 0.15) is 0 Å². The first-order chi connectivity index (χ1) is 8.76. The first kappa shape index (κ1) is 15.4. The summed E-state index contributed by atoms with van der Waals surface area (Å²) in [7, 11) is 0. The molecule has 0 amide bonds. The van der Waals surface area contributed by atoms with E-state index in [1.807, 2.05) is 6.08 Å². The van der Waals surface area contributed by atoms with Gasteiger partial charge in [0.25, 0.3) is 0 Å². The number of carbonyl (C=O) groups excluding carboxylic acids is 1. The highest BCUT2D eigenvalue weighted by Gasteiger charge is 2.11. The Labute approximate surface area is 112 Å². The monoisotopic (exact) mass is 251 g/mol. The lowest BCUT2D eigenvalue weighted by atomic mass is 9.96. The molecule has 2 nitrogen and oxygen atoms in total. The summed E-state index contributed by atoms with van der Waals surface area (Å²) < 4.78 is 0. The molecule has 0 saturated carbocycles. The molecule has 18 heavy (non-hydrogen) atoms. The third-order valence-corrected chi connectivity index (χ3v) is 3.69. The number of carbonyl (C=O) groups is 1. The van der Waals surface area contributed by atoms with Crippen molar-refractivity contribution < 1.29 is 4.79 Å². The summed E-state index contributed by atoms with van der Waals surface area (Å²) in [4.78, 5) is 13.9. The van der Waals surface area contributed by atoms with E-state index in [4.69, 9.17) is 0 Å². The number of allylic oxidation sites excluding steroid dienone is 1. The van der Waals surface area contributed by atoms with E-state index in [0.717, 1.165) is 32.2 Å². The predicted molar refractivity (Wildman–Crippen MR) is 77.8 cm³/mol. The zero-order valence-electron chi connectivity index (χ0n) is 12.2. The average Bonchev–Trinajstić information content (AvgIpc) is 2.38.